The van der Waals surface area contributed by atoms with E-state index in [9.17, 15) is 13.8 Å². The van der Waals surface area contributed by atoms with E-state index in [4.69, 9.17) is 4.74 Å². The maximum absolute atomic E-state index is 14.1. The SMILES string of the molecule is COC(=O)[C@@]1(C)N[C@@H](c2ccccc2)[C@@]2(S(=O)c3ccc(C)cc3)C(=O)CC[C@H]21. The van der Waals surface area contributed by atoms with Crippen LogP contribution >= 0.6 is 0 Å². The number of carbonyl (C=O) groups is 2. The third-order valence-electron chi connectivity index (χ3n) is 6.47. The Bertz CT molecular complexity index is 974. The van der Waals surface area contributed by atoms with Crippen molar-refractivity contribution >= 4 is 22.6 Å². The van der Waals surface area contributed by atoms with Crippen molar-refractivity contribution in [3.8, 4) is 0 Å². The Balaban J connectivity index is 1.94. The third-order valence-corrected chi connectivity index (χ3v) is 8.53. The van der Waals surface area contributed by atoms with Crippen molar-refractivity contribution in [1.82, 2.24) is 5.32 Å². The quantitative estimate of drug-likeness (QED) is 0.783. The topological polar surface area (TPSA) is 72.5 Å². The van der Waals surface area contributed by atoms with Crippen LogP contribution in [0.3, 0.4) is 0 Å². The van der Waals surface area contributed by atoms with Crippen molar-refractivity contribution in [3.05, 3.63) is 65.7 Å². The molecule has 2 aromatic rings. The molecule has 0 aromatic heterocycles. The first-order valence-corrected chi connectivity index (χ1v) is 10.9. The molecular weight excluding hydrogens is 386 g/mol. The first-order valence-electron chi connectivity index (χ1n) is 9.78. The van der Waals surface area contributed by atoms with Crippen LogP contribution < -0.4 is 5.32 Å². The van der Waals surface area contributed by atoms with Gasteiger partial charge in [0.1, 0.15) is 10.3 Å². The van der Waals surface area contributed by atoms with Crippen molar-refractivity contribution < 1.29 is 18.5 Å². The Kier molecular flexibility index (Phi) is 4.95. The van der Waals surface area contributed by atoms with Gasteiger partial charge in [-0.1, -0.05) is 48.0 Å². The summed E-state index contributed by atoms with van der Waals surface area (Å²) in [6, 6.07) is 16.4. The van der Waals surface area contributed by atoms with Gasteiger partial charge in [-0.3, -0.25) is 19.1 Å². The fourth-order valence-electron chi connectivity index (χ4n) is 5.05. The molecule has 1 N–H and O–H groups in total. The number of benzene rings is 2. The number of hydrogen-bond donors (Lipinski definition) is 1. The fraction of sp³-hybridized carbons (Fsp3) is 0.391. The number of rotatable bonds is 4. The van der Waals surface area contributed by atoms with Crippen LogP contribution in [0.25, 0.3) is 0 Å². The normalized spacial score (nSPS) is 32.0. The van der Waals surface area contributed by atoms with Gasteiger partial charge in [0.25, 0.3) is 0 Å². The third kappa shape index (κ3) is 2.81. The van der Waals surface area contributed by atoms with Gasteiger partial charge in [0.2, 0.25) is 0 Å². The molecule has 1 unspecified atom stereocenters. The zero-order valence-electron chi connectivity index (χ0n) is 16.8. The maximum Gasteiger partial charge on any atom is 0.326 e. The second kappa shape index (κ2) is 7.18. The summed E-state index contributed by atoms with van der Waals surface area (Å²) in [4.78, 5) is 26.9. The number of aryl methyl sites for hydroxylation is 1. The van der Waals surface area contributed by atoms with Gasteiger partial charge in [0, 0.05) is 17.2 Å². The summed E-state index contributed by atoms with van der Waals surface area (Å²) >= 11 is 0. The highest BCUT2D eigenvalue weighted by Crippen LogP contribution is 2.57. The van der Waals surface area contributed by atoms with Gasteiger partial charge in [-0.05, 0) is 38.0 Å². The minimum absolute atomic E-state index is 0.0598. The van der Waals surface area contributed by atoms with E-state index in [0.29, 0.717) is 17.7 Å². The van der Waals surface area contributed by atoms with E-state index in [2.05, 4.69) is 5.32 Å². The number of nitrogens with one attached hydrogen (secondary N) is 1. The molecule has 152 valence electrons. The van der Waals surface area contributed by atoms with Gasteiger partial charge in [-0.25, -0.2) is 0 Å². The van der Waals surface area contributed by atoms with Gasteiger partial charge in [-0.15, -0.1) is 0 Å². The molecule has 4 rings (SSSR count). The molecule has 2 fully saturated rings. The van der Waals surface area contributed by atoms with Crippen LogP contribution in [0.5, 0.6) is 0 Å². The highest BCUT2D eigenvalue weighted by Gasteiger charge is 2.72. The molecule has 2 aromatic carbocycles. The summed E-state index contributed by atoms with van der Waals surface area (Å²) in [5, 5.41) is 3.38. The second-order valence-electron chi connectivity index (χ2n) is 8.07. The lowest BCUT2D eigenvalue weighted by atomic mass is 9.80. The summed E-state index contributed by atoms with van der Waals surface area (Å²) in [5.74, 6) is -0.918. The number of ether oxygens (including phenoxy) is 1. The van der Waals surface area contributed by atoms with Crippen LogP contribution in [0.1, 0.15) is 36.9 Å². The van der Waals surface area contributed by atoms with Crippen LogP contribution in [-0.2, 0) is 25.1 Å². The van der Waals surface area contributed by atoms with Crippen molar-refractivity contribution in [2.75, 3.05) is 7.11 Å². The molecule has 5 atom stereocenters. The van der Waals surface area contributed by atoms with Gasteiger partial charge in [0.05, 0.1) is 24.0 Å². The smallest absolute Gasteiger partial charge is 0.326 e. The first-order chi connectivity index (χ1) is 13.9. The van der Waals surface area contributed by atoms with Crippen LogP contribution in [0.4, 0.5) is 0 Å². The second-order valence-corrected chi connectivity index (χ2v) is 9.76. The lowest BCUT2D eigenvalue weighted by Crippen LogP contribution is -2.52. The van der Waals surface area contributed by atoms with Gasteiger partial charge in [0.15, 0.2) is 5.78 Å². The van der Waals surface area contributed by atoms with E-state index in [1.807, 2.05) is 61.5 Å². The largest absolute Gasteiger partial charge is 0.468 e. The molecule has 29 heavy (non-hydrogen) atoms. The summed E-state index contributed by atoms with van der Waals surface area (Å²) in [5.41, 5.74) is 0.809. The standard InChI is InChI=1S/C23H25NO4S/c1-15-9-11-17(12-10-15)29(27)23-18(13-14-19(23)25)22(2,21(26)28-3)24-20(23)16-7-5-4-6-8-16/h4-12,18,20,24H,13-14H2,1-3H3/t18-,20-,22-,23-,29?/m0/s1. The Morgan fingerprint density at radius 3 is 2.41 bits per heavy atom. The van der Waals surface area contributed by atoms with Crippen LogP contribution in [0.15, 0.2) is 59.5 Å². The number of hydrogen-bond acceptors (Lipinski definition) is 5. The molecule has 1 saturated carbocycles. The fourth-order valence-corrected chi connectivity index (χ4v) is 7.16. The van der Waals surface area contributed by atoms with E-state index in [1.165, 1.54) is 7.11 Å². The number of fused-ring (bicyclic) bond motifs is 1. The molecule has 1 aliphatic carbocycles. The zero-order chi connectivity index (χ0) is 20.8. The molecule has 1 aliphatic heterocycles. The molecule has 0 radical (unpaired) electrons. The van der Waals surface area contributed by atoms with E-state index in [0.717, 1.165) is 11.1 Å². The monoisotopic (exact) mass is 411 g/mol. The predicted octanol–water partition coefficient (Wildman–Crippen LogP) is 3.10. The highest BCUT2D eigenvalue weighted by atomic mass is 32.2. The van der Waals surface area contributed by atoms with E-state index >= 15 is 0 Å². The van der Waals surface area contributed by atoms with E-state index < -0.39 is 39.0 Å². The summed E-state index contributed by atoms with van der Waals surface area (Å²) in [7, 11) is -0.291. The number of methoxy groups -OCH3 is 1. The minimum Gasteiger partial charge on any atom is -0.468 e. The lowest BCUT2D eigenvalue weighted by Gasteiger charge is -2.34. The first kappa shape index (κ1) is 20.0. The minimum atomic E-state index is -1.64. The molecule has 0 bridgehead atoms. The molecule has 0 spiro atoms. The number of carbonyl (C=O) groups excluding carboxylic acids is 2. The predicted molar refractivity (Wildman–Crippen MR) is 111 cm³/mol. The number of ketones is 1. The Labute approximate surface area is 173 Å². The number of Topliss-reactive ketones (excluding diaryl/α,β-unsaturated/α-hetero) is 1. The average Bonchev–Trinajstić information content (AvgIpc) is 3.23. The Morgan fingerprint density at radius 2 is 1.79 bits per heavy atom. The van der Waals surface area contributed by atoms with Crippen molar-refractivity contribution in [2.45, 2.75) is 47.9 Å². The molecule has 1 heterocycles. The van der Waals surface area contributed by atoms with Gasteiger partial charge < -0.3 is 4.74 Å². The van der Waals surface area contributed by atoms with E-state index in [1.54, 1.807) is 6.92 Å². The number of esters is 1. The molecule has 2 aliphatic rings. The van der Waals surface area contributed by atoms with Crippen LogP contribution in [-0.4, -0.2) is 33.4 Å². The van der Waals surface area contributed by atoms with Gasteiger partial charge >= 0.3 is 5.97 Å². The molecule has 0 amide bonds. The molecule has 5 nitrogen and oxygen atoms in total. The molecular formula is C23H25NO4S. The van der Waals surface area contributed by atoms with Gasteiger partial charge in [-0.2, -0.15) is 0 Å². The van der Waals surface area contributed by atoms with Crippen LogP contribution in [0.2, 0.25) is 0 Å². The van der Waals surface area contributed by atoms with Crippen molar-refractivity contribution in [2.24, 2.45) is 5.92 Å². The Hall–Kier alpha value is -2.31. The summed E-state index contributed by atoms with van der Waals surface area (Å²) in [6.45, 7) is 3.73. The molecule has 6 heteroatoms. The summed E-state index contributed by atoms with van der Waals surface area (Å²) in [6.07, 6.45) is 0.804. The highest BCUT2D eigenvalue weighted by molar-refractivity contribution is 7.87. The van der Waals surface area contributed by atoms with Crippen LogP contribution in [0, 0.1) is 12.8 Å². The zero-order valence-corrected chi connectivity index (χ0v) is 17.6. The Morgan fingerprint density at radius 1 is 1.14 bits per heavy atom. The lowest BCUT2D eigenvalue weighted by molar-refractivity contribution is -0.149. The summed E-state index contributed by atoms with van der Waals surface area (Å²) < 4.78 is 17.9. The maximum atomic E-state index is 14.1. The van der Waals surface area contributed by atoms with Crippen molar-refractivity contribution in [3.63, 3.8) is 0 Å². The molecule has 1 saturated heterocycles. The average molecular weight is 412 g/mol. The van der Waals surface area contributed by atoms with Crippen molar-refractivity contribution in [1.29, 1.82) is 0 Å². The van der Waals surface area contributed by atoms with E-state index in [-0.39, 0.29) is 5.78 Å².